The summed E-state index contributed by atoms with van der Waals surface area (Å²) in [5, 5.41) is 5.34. The highest BCUT2D eigenvalue weighted by molar-refractivity contribution is 6.31. The van der Waals surface area contributed by atoms with E-state index in [1.807, 2.05) is 0 Å². The zero-order chi connectivity index (χ0) is 24.1. The summed E-state index contributed by atoms with van der Waals surface area (Å²) >= 11 is 11.9. The predicted molar refractivity (Wildman–Crippen MR) is 121 cm³/mol. The molecule has 0 fully saturated rings. The van der Waals surface area contributed by atoms with Crippen molar-refractivity contribution in [3.63, 3.8) is 0 Å². The molecule has 2 aromatic carbocycles. The Hall–Kier alpha value is -3.36. The second-order valence-electron chi connectivity index (χ2n) is 6.91. The Morgan fingerprint density at radius 3 is 2.06 bits per heavy atom. The maximum Gasteiger partial charge on any atom is 0.353 e. The van der Waals surface area contributed by atoms with Crippen molar-refractivity contribution in [3.8, 4) is 11.1 Å². The van der Waals surface area contributed by atoms with Gasteiger partial charge >= 0.3 is 17.9 Å². The summed E-state index contributed by atoms with van der Waals surface area (Å²) in [5.41, 5.74) is 1.79. The first kappa shape index (κ1) is 24.3. The molecule has 0 spiro atoms. The van der Waals surface area contributed by atoms with Crippen LogP contribution in [0.4, 0.5) is 0 Å². The van der Waals surface area contributed by atoms with Crippen molar-refractivity contribution < 1.29 is 28.6 Å². The van der Waals surface area contributed by atoms with Gasteiger partial charge in [0.2, 0.25) is 6.10 Å². The second-order valence-corrected chi connectivity index (χ2v) is 7.78. The van der Waals surface area contributed by atoms with Crippen LogP contribution in [-0.4, -0.2) is 41.9 Å². The maximum absolute atomic E-state index is 12.8. The Morgan fingerprint density at radius 2 is 1.52 bits per heavy atom. The third-order valence-corrected chi connectivity index (χ3v) is 5.31. The summed E-state index contributed by atoms with van der Waals surface area (Å²) < 4.78 is 16.6. The highest BCUT2D eigenvalue weighted by atomic mass is 35.5. The number of carbonyl (C=O) groups excluding carboxylic acids is 3. The quantitative estimate of drug-likeness (QED) is 0.361. The van der Waals surface area contributed by atoms with Crippen LogP contribution in [0.15, 0.2) is 48.5 Å². The Kier molecular flexibility index (Phi) is 7.73. The van der Waals surface area contributed by atoms with E-state index in [-0.39, 0.29) is 17.7 Å². The highest BCUT2D eigenvalue weighted by Crippen LogP contribution is 2.35. The number of aromatic nitrogens is 2. The molecule has 0 N–H and O–H groups in total. The zero-order valence-electron chi connectivity index (χ0n) is 18.0. The molecule has 10 heteroatoms. The lowest BCUT2D eigenvalue weighted by Gasteiger charge is -2.18. The normalized spacial score (nSPS) is 11.5. The summed E-state index contributed by atoms with van der Waals surface area (Å²) in [4.78, 5) is 37.5. The minimum absolute atomic E-state index is 0.165. The van der Waals surface area contributed by atoms with Gasteiger partial charge in [-0.2, -0.15) is 5.10 Å². The van der Waals surface area contributed by atoms with E-state index in [1.165, 1.54) is 43.2 Å². The standard InChI is InChI=1S/C23H20Cl2N2O6/c1-27-20(21(23(30)32-3)33-22(29)14-6-10-16(25)11-7-14)19(13-4-8-15(24)9-5-13)17(26-27)12-18(28)31-2/h4-11,21H,12H2,1-3H3. The van der Waals surface area contributed by atoms with Gasteiger partial charge in [-0.15, -0.1) is 0 Å². The molecule has 0 saturated carbocycles. The molecule has 8 nitrogen and oxygen atoms in total. The van der Waals surface area contributed by atoms with E-state index in [9.17, 15) is 14.4 Å². The molecule has 0 bridgehead atoms. The van der Waals surface area contributed by atoms with Crippen molar-refractivity contribution in [1.82, 2.24) is 9.78 Å². The lowest BCUT2D eigenvalue weighted by Crippen LogP contribution is -2.24. The molecule has 1 unspecified atom stereocenters. The molecule has 1 atom stereocenters. The summed E-state index contributed by atoms with van der Waals surface area (Å²) in [7, 11) is 4.01. The molecule has 1 aromatic heterocycles. The van der Waals surface area contributed by atoms with Gasteiger partial charge < -0.3 is 14.2 Å². The number of carbonyl (C=O) groups is 3. The van der Waals surface area contributed by atoms with Crippen LogP contribution in [0.5, 0.6) is 0 Å². The van der Waals surface area contributed by atoms with Crippen LogP contribution in [0, 0.1) is 0 Å². The summed E-state index contributed by atoms with van der Waals surface area (Å²) in [6.07, 6.45) is -1.63. The van der Waals surface area contributed by atoms with Crippen LogP contribution in [0.3, 0.4) is 0 Å². The second kappa shape index (κ2) is 10.5. The van der Waals surface area contributed by atoms with Gasteiger partial charge in [0, 0.05) is 22.7 Å². The minimum Gasteiger partial charge on any atom is -0.469 e. The number of halogens is 2. The fraction of sp³-hybridized carbons (Fsp3) is 0.217. The first-order chi connectivity index (χ1) is 15.7. The van der Waals surface area contributed by atoms with Crippen molar-refractivity contribution in [2.75, 3.05) is 14.2 Å². The number of benzene rings is 2. The number of aryl methyl sites for hydroxylation is 1. The number of hydrogen-bond donors (Lipinski definition) is 0. The first-order valence-corrected chi connectivity index (χ1v) is 10.4. The van der Waals surface area contributed by atoms with E-state index in [1.54, 1.807) is 31.3 Å². The molecule has 0 radical (unpaired) electrons. The molecule has 1 heterocycles. The molecule has 0 amide bonds. The molecule has 172 valence electrons. The first-order valence-electron chi connectivity index (χ1n) is 9.68. The van der Waals surface area contributed by atoms with Crippen molar-refractivity contribution >= 4 is 41.1 Å². The van der Waals surface area contributed by atoms with Crippen LogP contribution in [-0.2, 0) is 37.3 Å². The Morgan fingerprint density at radius 1 is 0.939 bits per heavy atom. The molecular formula is C23H20Cl2N2O6. The maximum atomic E-state index is 12.8. The molecule has 3 aromatic rings. The van der Waals surface area contributed by atoms with Gasteiger partial charge in [-0.3, -0.25) is 9.48 Å². The summed E-state index contributed by atoms with van der Waals surface area (Å²) in [5.74, 6) is -2.11. The summed E-state index contributed by atoms with van der Waals surface area (Å²) in [6.45, 7) is 0. The molecule has 0 aliphatic heterocycles. The van der Waals surface area contributed by atoms with Crippen molar-refractivity contribution in [2.45, 2.75) is 12.5 Å². The largest absolute Gasteiger partial charge is 0.469 e. The predicted octanol–water partition coefficient (Wildman–Crippen LogP) is 4.18. The number of ether oxygens (including phenoxy) is 3. The van der Waals surface area contributed by atoms with Gasteiger partial charge in [0.25, 0.3) is 0 Å². The van der Waals surface area contributed by atoms with E-state index < -0.39 is 24.0 Å². The Bertz CT molecular complexity index is 1170. The highest BCUT2D eigenvalue weighted by Gasteiger charge is 2.34. The van der Waals surface area contributed by atoms with Crippen molar-refractivity contribution in [3.05, 3.63) is 75.5 Å². The van der Waals surface area contributed by atoms with Crippen LogP contribution in [0.1, 0.15) is 27.8 Å². The third-order valence-electron chi connectivity index (χ3n) is 4.80. The summed E-state index contributed by atoms with van der Waals surface area (Å²) in [6, 6.07) is 12.7. The van der Waals surface area contributed by atoms with Crippen LogP contribution < -0.4 is 0 Å². The number of hydrogen-bond acceptors (Lipinski definition) is 7. The molecule has 0 aliphatic rings. The van der Waals surface area contributed by atoms with E-state index in [2.05, 4.69) is 5.10 Å². The van der Waals surface area contributed by atoms with E-state index >= 15 is 0 Å². The number of rotatable bonds is 7. The molecular weight excluding hydrogens is 471 g/mol. The van der Waals surface area contributed by atoms with Crippen molar-refractivity contribution in [2.24, 2.45) is 7.05 Å². The molecule has 3 rings (SSSR count). The monoisotopic (exact) mass is 490 g/mol. The van der Waals surface area contributed by atoms with Crippen LogP contribution in [0.25, 0.3) is 11.1 Å². The van der Waals surface area contributed by atoms with Crippen LogP contribution >= 0.6 is 23.2 Å². The van der Waals surface area contributed by atoms with Gasteiger partial charge in [0.15, 0.2) is 0 Å². The fourth-order valence-electron chi connectivity index (χ4n) is 3.24. The Labute approximate surface area is 200 Å². The lowest BCUT2D eigenvalue weighted by molar-refractivity contribution is -0.151. The lowest BCUT2D eigenvalue weighted by atomic mass is 9.98. The minimum atomic E-state index is -1.47. The van der Waals surface area contributed by atoms with Gasteiger partial charge in [-0.1, -0.05) is 35.3 Å². The van der Waals surface area contributed by atoms with Gasteiger partial charge in [-0.05, 0) is 42.0 Å². The van der Waals surface area contributed by atoms with E-state index in [0.29, 0.717) is 26.9 Å². The SMILES string of the molecule is COC(=O)Cc1nn(C)c(C(OC(=O)c2ccc(Cl)cc2)C(=O)OC)c1-c1ccc(Cl)cc1. The molecule has 0 aliphatic carbocycles. The van der Waals surface area contributed by atoms with Crippen LogP contribution in [0.2, 0.25) is 10.0 Å². The molecule has 33 heavy (non-hydrogen) atoms. The van der Waals surface area contributed by atoms with Crippen molar-refractivity contribution in [1.29, 1.82) is 0 Å². The Balaban J connectivity index is 2.13. The van der Waals surface area contributed by atoms with Gasteiger partial charge in [0.1, 0.15) is 0 Å². The van der Waals surface area contributed by atoms with Gasteiger partial charge in [0.05, 0.1) is 37.6 Å². The number of methoxy groups -OCH3 is 2. The van der Waals surface area contributed by atoms with Gasteiger partial charge in [-0.25, -0.2) is 9.59 Å². The average molecular weight is 491 g/mol. The zero-order valence-corrected chi connectivity index (χ0v) is 19.5. The fourth-order valence-corrected chi connectivity index (χ4v) is 3.49. The smallest absolute Gasteiger partial charge is 0.353 e. The van der Waals surface area contributed by atoms with E-state index in [0.717, 1.165) is 0 Å². The average Bonchev–Trinajstić information content (AvgIpc) is 3.12. The number of nitrogens with zero attached hydrogens (tertiary/aromatic N) is 2. The third kappa shape index (κ3) is 5.53. The molecule has 0 saturated heterocycles. The number of esters is 3. The topological polar surface area (TPSA) is 96.7 Å². The van der Waals surface area contributed by atoms with E-state index in [4.69, 9.17) is 37.4 Å².